The molecule has 0 aliphatic heterocycles. The van der Waals surface area contributed by atoms with Gasteiger partial charge in [0.05, 0.1) is 6.20 Å². The van der Waals surface area contributed by atoms with Crippen LogP contribution in [0, 0.1) is 5.41 Å². The van der Waals surface area contributed by atoms with Crippen LogP contribution in [-0.2, 0) is 6.54 Å². The normalized spacial score (nSPS) is 11.7. The van der Waals surface area contributed by atoms with E-state index in [4.69, 9.17) is 0 Å². The monoisotopic (exact) mass is 254 g/mol. The van der Waals surface area contributed by atoms with Crippen LogP contribution in [0.5, 0.6) is 0 Å². The molecule has 0 amide bonds. The van der Waals surface area contributed by atoms with E-state index in [2.05, 4.69) is 31.5 Å². The summed E-state index contributed by atoms with van der Waals surface area (Å²) < 4.78 is 1.76. The van der Waals surface area contributed by atoms with Crippen LogP contribution in [0.4, 0.5) is 0 Å². The highest BCUT2D eigenvalue weighted by atomic mass is 32.1. The molecule has 0 bridgehead atoms. The predicted octanol–water partition coefficient (Wildman–Crippen LogP) is 2.76. The van der Waals surface area contributed by atoms with Gasteiger partial charge in [-0.05, 0) is 24.0 Å². The van der Waals surface area contributed by atoms with Crippen molar-refractivity contribution in [3.63, 3.8) is 0 Å². The third kappa shape index (κ3) is 3.87. The first-order chi connectivity index (χ1) is 8.17. The van der Waals surface area contributed by atoms with Crippen molar-refractivity contribution in [2.75, 3.05) is 5.75 Å². The number of thiol groups is 1. The van der Waals surface area contributed by atoms with Gasteiger partial charge >= 0.3 is 0 Å². The van der Waals surface area contributed by atoms with E-state index < -0.39 is 0 Å². The largest absolute Gasteiger partial charge is 0.312 e. The van der Waals surface area contributed by atoms with Crippen LogP contribution in [0.25, 0.3) is 0 Å². The van der Waals surface area contributed by atoms with E-state index in [0.29, 0.717) is 0 Å². The lowest BCUT2D eigenvalue weighted by molar-refractivity contribution is 0.228. The maximum absolute atomic E-state index is 11.7. The molecule has 4 heteroatoms. The number of hydrogen-bond donors (Lipinski definition) is 1. The number of aromatic nitrogens is 2. The second kappa shape index (κ2) is 6.84. The fourth-order valence-electron chi connectivity index (χ4n) is 2.42. The van der Waals surface area contributed by atoms with E-state index in [1.807, 2.05) is 0 Å². The Morgan fingerprint density at radius 3 is 2.47 bits per heavy atom. The van der Waals surface area contributed by atoms with Crippen LogP contribution in [-0.4, -0.2) is 15.3 Å². The summed E-state index contributed by atoms with van der Waals surface area (Å²) in [4.78, 5) is 15.5. The average molecular weight is 254 g/mol. The van der Waals surface area contributed by atoms with E-state index >= 15 is 0 Å². The summed E-state index contributed by atoms with van der Waals surface area (Å²) in [7, 11) is 0. The lowest BCUT2D eigenvalue weighted by Crippen LogP contribution is -2.33. The fraction of sp³-hybridized carbons (Fsp3) is 0.692. The molecule has 0 saturated carbocycles. The third-order valence-corrected chi connectivity index (χ3v) is 3.87. The van der Waals surface area contributed by atoms with Gasteiger partial charge in [-0.15, -0.1) is 0 Å². The standard InChI is InChI=1S/C13H22N2OS/c1-3-5-13(11-17,6-4-2)10-15-8-7-14-9-12(15)16/h7-9,17H,3-6,10-11H2,1-2H3. The molecule has 0 N–H and O–H groups in total. The van der Waals surface area contributed by atoms with Crippen molar-refractivity contribution in [3.8, 4) is 0 Å². The minimum Gasteiger partial charge on any atom is -0.312 e. The Morgan fingerprint density at radius 1 is 1.35 bits per heavy atom. The Kier molecular flexibility index (Phi) is 5.75. The third-order valence-electron chi connectivity index (χ3n) is 3.20. The second-order valence-corrected chi connectivity index (χ2v) is 5.02. The smallest absolute Gasteiger partial charge is 0.269 e. The minimum absolute atomic E-state index is 0.0223. The van der Waals surface area contributed by atoms with E-state index in [1.165, 1.54) is 6.20 Å². The van der Waals surface area contributed by atoms with Gasteiger partial charge in [-0.1, -0.05) is 26.7 Å². The molecule has 1 aromatic heterocycles. The van der Waals surface area contributed by atoms with Crippen molar-refractivity contribution in [2.45, 2.75) is 46.1 Å². The zero-order chi connectivity index (χ0) is 12.7. The highest BCUT2D eigenvalue weighted by Gasteiger charge is 2.27. The number of nitrogens with zero attached hydrogens (tertiary/aromatic N) is 2. The maximum Gasteiger partial charge on any atom is 0.269 e. The summed E-state index contributed by atoms with van der Waals surface area (Å²) in [6.45, 7) is 5.12. The van der Waals surface area contributed by atoms with Crippen LogP contribution >= 0.6 is 12.6 Å². The Morgan fingerprint density at radius 2 is 2.00 bits per heavy atom. The SMILES string of the molecule is CCCC(CS)(CCC)Cn1ccncc1=O. The molecule has 0 radical (unpaired) electrons. The van der Waals surface area contributed by atoms with Crippen LogP contribution in [0.3, 0.4) is 0 Å². The number of rotatable bonds is 7. The summed E-state index contributed by atoms with van der Waals surface area (Å²) in [5.41, 5.74) is 0.114. The second-order valence-electron chi connectivity index (χ2n) is 4.70. The first-order valence-electron chi connectivity index (χ1n) is 6.29. The molecule has 0 spiro atoms. The summed E-state index contributed by atoms with van der Waals surface area (Å²) in [5.74, 6) is 0.823. The highest BCUT2D eigenvalue weighted by molar-refractivity contribution is 7.80. The lowest BCUT2D eigenvalue weighted by atomic mass is 9.81. The zero-order valence-electron chi connectivity index (χ0n) is 10.7. The van der Waals surface area contributed by atoms with Crippen molar-refractivity contribution < 1.29 is 0 Å². The molecule has 96 valence electrons. The van der Waals surface area contributed by atoms with Crippen molar-refractivity contribution in [2.24, 2.45) is 5.41 Å². The van der Waals surface area contributed by atoms with E-state index in [-0.39, 0.29) is 11.0 Å². The maximum atomic E-state index is 11.7. The molecule has 0 aliphatic carbocycles. The summed E-state index contributed by atoms with van der Waals surface area (Å²) in [6.07, 6.45) is 9.29. The quantitative estimate of drug-likeness (QED) is 0.759. The molecule has 0 aromatic carbocycles. The van der Waals surface area contributed by atoms with Gasteiger partial charge in [0.25, 0.3) is 5.56 Å². The zero-order valence-corrected chi connectivity index (χ0v) is 11.6. The van der Waals surface area contributed by atoms with Crippen LogP contribution in [0.15, 0.2) is 23.4 Å². The molecule has 3 nitrogen and oxygen atoms in total. The van der Waals surface area contributed by atoms with Crippen molar-refractivity contribution in [1.82, 2.24) is 9.55 Å². The van der Waals surface area contributed by atoms with Crippen molar-refractivity contribution in [3.05, 3.63) is 28.9 Å². The van der Waals surface area contributed by atoms with Gasteiger partial charge in [0.1, 0.15) is 0 Å². The topological polar surface area (TPSA) is 34.9 Å². The predicted molar refractivity (Wildman–Crippen MR) is 74.6 cm³/mol. The van der Waals surface area contributed by atoms with Crippen LogP contribution < -0.4 is 5.56 Å². The lowest BCUT2D eigenvalue weighted by Gasteiger charge is -2.32. The molecular formula is C13H22N2OS. The van der Waals surface area contributed by atoms with Gasteiger partial charge in [0, 0.05) is 18.9 Å². The number of hydrogen-bond acceptors (Lipinski definition) is 3. The van der Waals surface area contributed by atoms with Gasteiger partial charge in [0.15, 0.2) is 0 Å². The van der Waals surface area contributed by atoms with Crippen LogP contribution in [0.2, 0.25) is 0 Å². The fourth-order valence-corrected chi connectivity index (χ4v) is 2.83. The Hall–Kier alpha value is -0.770. The summed E-state index contributed by atoms with van der Waals surface area (Å²) in [5, 5.41) is 0. The van der Waals surface area contributed by atoms with E-state index in [9.17, 15) is 4.79 Å². The molecule has 0 fully saturated rings. The van der Waals surface area contributed by atoms with Gasteiger partial charge in [0.2, 0.25) is 0 Å². The molecule has 1 rings (SSSR count). The Balaban J connectivity index is 2.92. The molecule has 1 heterocycles. The molecular weight excluding hydrogens is 232 g/mol. The highest BCUT2D eigenvalue weighted by Crippen LogP contribution is 2.32. The molecule has 0 saturated heterocycles. The molecule has 0 unspecified atom stereocenters. The van der Waals surface area contributed by atoms with Gasteiger partial charge in [-0.25, -0.2) is 0 Å². The summed E-state index contributed by atoms with van der Waals surface area (Å²) in [6, 6.07) is 0. The molecule has 0 aliphatic rings. The van der Waals surface area contributed by atoms with Crippen LogP contribution in [0.1, 0.15) is 39.5 Å². The van der Waals surface area contributed by atoms with Gasteiger partial charge < -0.3 is 4.57 Å². The molecule has 0 atom stereocenters. The molecule has 1 aromatic rings. The van der Waals surface area contributed by atoms with E-state index in [0.717, 1.165) is 38.0 Å². The minimum atomic E-state index is -0.0223. The van der Waals surface area contributed by atoms with Gasteiger partial charge in [-0.2, -0.15) is 12.6 Å². The Bertz CT molecular complexity index is 383. The molecule has 17 heavy (non-hydrogen) atoms. The van der Waals surface area contributed by atoms with Crippen molar-refractivity contribution in [1.29, 1.82) is 0 Å². The van der Waals surface area contributed by atoms with Crippen molar-refractivity contribution >= 4 is 12.6 Å². The Labute approximate surface area is 109 Å². The average Bonchev–Trinajstić information content (AvgIpc) is 2.33. The van der Waals surface area contributed by atoms with Gasteiger partial charge in [-0.3, -0.25) is 9.78 Å². The first-order valence-corrected chi connectivity index (χ1v) is 6.92. The van der Waals surface area contributed by atoms with E-state index in [1.54, 1.807) is 17.0 Å². The first kappa shape index (κ1) is 14.3. The summed E-state index contributed by atoms with van der Waals surface area (Å²) >= 11 is 4.50.